The molecule has 0 spiro atoms. The van der Waals surface area contributed by atoms with E-state index < -0.39 is 11.7 Å². The van der Waals surface area contributed by atoms with Gasteiger partial charge in [-0.25, -0.2) is 4.79 Å². The molecule has 0 heterocycles. The summed E-state index contributed by atoms with van der Waals surface area (Å²) in [4.78, 5) is 36.3. The second-order valence-electron chi connectivity index (χ2n) is 9.94. The van der Waals surface area contributed by atoms with Gasteiger partial charge in [0, 0.05) is 30.8 Å². The molecule has 0 saturated heterocycles. The van der Waals surface area contributed by atoms with Gasteiger partial charge >= 0.3 is 6.09 Å². The van der Waals surface area contributed by atoms with Gasteiger partial charge in [-0.05, 0) is 61.6 Å². The van der Waals surface area contributed by atoms with Gasteiger partial charge in [0.25, 0.3) is 5.91 Å². The highest BCUT2D eigenvalue weighted by Gasteiger charge is 2.16. The Hall–Kier alpha value is -3.35. The summed E-state index contributed by atoms with van der Waals surface area (Å²) in [5.74, 6) is -0.385. The molecule has 0 saturated carbocycles. The Morgan fingerprint density at radius 2 is 1.55 bits per heavy atom. The molecule has 3 N–H and O–H groups in total. The van der Waals surface area contributed by atoms with E-state index in [1.165, 1.54) is 5.56 Å². The van der Waals surface area contributed by atoms with Crippen LogP contribution < -0.4 is 16.0 Å². The van der Waals surface area contributed by atoms with Gasteiger partial charge in [0.15, 0.2) is 0 Å². The average molecular weight is 454 g/mol. The number of carbonyl (C=O) groups is 3. The fourth-order valence-corrected chi connectivity index (χ4v) is 2.98. The van der Waals surface area contributed by atoms with Gasteiger partial charge in [-0.2, -0.15) is 0 Å². The largest absolute Gasteiger partial charge is 0.444 e. The summed E-state index contributed by atoms with van der Waals surface area (Å²) >= 11 is 0. The molecule has 7 nitrogen and oxygen atoms in total. The monoisotopic (exact) mass is 453 g/mol. The zero-order valence-corrected chi connectivity index (χ0v) is 20.4. The standard InChI is InChI=1S/C26H35N3O4/c1-25(2,3)20-12-10-19(11-13-20)23(31)28-17-18-8-7-9-21(16-18)29-22(30)14-15-27-24(32)33-26(4,5)6/h7-13,16H,14-15,17H2,1-6H3,(H,27,32)(H,28,31)(H,29,30). The summed E-state index contributed by atoms with van der Waals surface area (Å²) in [5, 5.41) is 8.26. The highest BCUT2D eigenvalue weighted by molar-refractivity contribution is 5.94. The van der Waals surface area contributed by atoms with Crippen molar-refractivity contribution in [3.05, 3.63) is 65.2 Å². The molecular weight excluding hydrogens is 418 g/mol. The maximum atomic E-state index is 12.5. The SMILES string of the molecule is CC(C)(C)OC(=O)NCCC(=O)Nc1cccc(CNC(=O)c2ccc(C(C)(C)C)cc2)c1. The summed E-state index contributed by atoms with van der Waals surface area (Å²) < 4.78 is 5.14. The van der Waals surface area contributed by atoms with Crippen LogP contribution in [0.5, 0.6) is 0 Å². The first-order chi connectivity index (χ1) is 15.3. The normalized spacial score (nSPS) is 11.5. The third-order valence-electron chi connectivity index (χ3n) is 4.70. The number of alkyl carbamates (subject to hydrolysis) is 1. The predicted octanol–water partition coefficient (Wildman–Crippen LogP) is 4.77. The molecule has 0 atom stereocenters. The van der Waals surface area contributed by atoms with Crippen molar-refractivity contribution in [2.75, 3.05) is 11.9 Å². The molecule has 2 aromatic carbocycles. The van der Waals surface area contributed by atoms with E-state index in [0.717, 1.165) is 5.56 Å². The summed E-state index contributed by atoms with van der Waals surface area (Å²) in [6.07, 6.45) is -0.439. The number of benzene rings is 2. The Morgan fingerprint density at radius 1 is 0.879 bits per heavy atom. The van der Waals surface area contributed by atoms with Crippen LogP contribution in [-0.4, -0.2) is 30.1 Å². The number of anilines is 1. The highest BCUT2D eigenvalue weighted by Crippen LogP contribution is 2.22. The van der Waals surface area contributed by atoms with Gasteiger partial charge in [-0.3, -0.25) is 9.59 Å². The quantitative estimate of drug-likeness (QED) is 0.563. The molecule has 33 heavy (non-hydrogen) atoms. The molecule has 0 radical (unpaired) electrons. The van der Waals surface area contributed by atoms with Crippen molar-refractivity contribution in [2.45, 2.75) is 65.5 Å². The van der Waals surface area contributed by atoms with Crippen LogP contribution in [0.4, 0.5) is 10.5 Å². The number of amides is 3. The molecule has 7 heteroatoms. The average Bonchev–Trinajstić information content (AvgIpc) is 2.70. The van der Waals surface area contributed by atoms with Gasteiger partial charge in [-0.15, -0.1) is 0 Å². The van der Waals surface area contributed by atoms with Crippen molar-refractivity contribution in [3.63, 3.8) is 0 Å². The number of rotatable bonds is 7. The van der Waals surface area contributed by atoms with Gasteiger partial charge in [-0.1, -0.05) is 45.0 Å². The van der Waals surface area contributed by atoms with Crippen LogP contribution in [0.15, 0.2) is 48.5 Å². The van der Waals surface area contributed by atoms with Gasteiger partial charge in [0.05, 0.1) is 0 Å². The van der Waals surface area contributed by atoms with Crippen LogP contribution >= 0.6 is 0 Å². The maximum absolute atomic E-state index is 12.5. The van der Waals surface area contributed by atoms with E-state index in [1.54, 1.807) is 26.8 Å². The second-order valence-corrected chi connectivity index (χ2v) is 9.94. The summed E-state index contributed by atoms with van der Waals surface area (Å²) in [7, 11) is 0. The van der Waals surface area contributed by atoms with E-state index in [1.807, 2.05) is 42.5 Å². The third kappa shape index (κ3) is 9.35. The lowest BCUT2D eigenvalue weighted by Crippen LogP contribution is -2.34. The molecule has 2 aromatic rings. The van der Waals surface area contributed by atoms with Crippen molar-refractivity contribution in [1.29, 1.82) is 0 Å². The van der Waals surface area contributed by atoms with E-state index in [4.69, 9.17) is 4.74 Å². The van der Waals surface area contributed by atoms with E-state index in [9.17, 15) is 14.4 Å². The highest BCUT2D eigenvalue weighted by atomic mass is 16.6. The predicted molar refractivity (Wildman–Crippen MR) is 130 cm³/mol. The minimum atomic E-state index is -0.585. The van der Waals surface area contributed by atoms with Crippen LogP contribution in [0.2, 0.25) is 0 Å². The summed E-state index contributed by atoms with van der Waals surface area (Å²) in [6.45, 7) is 12.2. The number of hydrogen-bond acceptors (Lipinski definition) is 4. The number of carbonyl (C=O) groups excluding carboxylic acids is 3. The molecule has 0 aliphatic carbocycles. The molecule has 3 amide bonds. The molecule has 0 aromatic heterocycles. The summed E-state index contributed by atoms with van der Waals surface area (Å²) in [6, 6.07) is 14.9. The van der Waals surface area contributed by atoms with Crippen molar-refractivity contribution in [1.82, 2.24) is 10.6 Å². The number of hydrogen-bond donors (Lipinski definition) is 3. The van der Waals surface area contributed by atoms with E-state index in [2.05, 4.69) is 36.7 Å². The molecule has 0 bridgehead atoms. The topological polar surface area (TPSA) is 96.5 Å². The zero-order valence-electron chi connectivity index (χ0n) is 20.4. The molecule has 0 aliphatic rings. The smallest absolute Gasteiger partial charge is 0.407 e. The number of nitrogens with one attached hydrogen (secondary N) is 3. The zero-order chi connectivity index (χ0) is 24.6. The number of ether oxygens (including phenoxy) is 1. The van der Waals surface area contributed by atoms with Gasteiger partial charge in [0.2, 0.25) is 5.91 Å². The van der Waals surface area contributed by atoms with Crippen LogP contribution in [0.3, 0.4) is 0 Å². The van der Waals surface area contributed by atoms with E-state index >= 15 is 0 Å². The Kier molecular flexibility index (Phi) is 8.63. The van der Waals surface area contributed by atoms with E-state index in [-0.39, 0.29) is 30.2 Å². The lowest BCUT2D eigenvalue weighted by molar-refractivity contribution is -0.116. The Labute approximate surface area is 196 Å². The third-order valence-corrected chi connectivity index (χ3v) is 4.70. The first kappa shape index (κ1) is 25.9. The molecule has 178 valence electrons. The molecule has 0 unspecified atom stereocenters. The van der Waals surface area contributed by atoms with Crippen molar-refractivity contribution >= 4 is 23.6 Å². The van der Waals surface area contributed by atoms with Gasteiger partial charge in [0.1, 0.15) is 5.60 Å². The fraction of sp³-hybridized carbons (Fsp3) is 0.423. The molecule has 2 rings (SSSR count). The van der Waals surface area contributed by atoms with Gasteiger partial charge < -0.3 is 20.7 Å². The van der Waals surface area contributed by atoms with E-state index in [0.29, 0.717) is 17.8 Å². The van der Waals surface area contributed by atoms with Crippen molar-refractivity contribution < 1.29 is 19.1 Å². The van der Waals surface area contributed by atoms with Crippen LogP contribution in [0, 0.1) is 0 Å². The fourth-order valence-electron chi connectivity index (χ4n) is 2.98. The lowest BCUT2D eigenvalue weighted by atomic mass is 9.87. The Balaban J connectivity index is 1.82. The van der Waals surface area contributed by atoms with Crippen LogP contribution in [0.1, 0.15) is 69.4 Å². The minimum Gasteiger partial charge on any atom is -0.444 e. The van der Waals surface area contributed by atoms with Crippen LogP contribution in [0.25, 0.3) is 0 Å². The molecular formula is C26H35N3O4. The maximum Gasteiger partial charge on any atom is 0.407 e. The summed E-state index contributed by atoms with van der Waals surface area (Å²) in [5.41, 5.74) is 2.70. The minimum absolute atomic E-state index is 0.0334. The van der Waals surface area contributed by atoms with Crippen molar-refractivity contribution in [3.8, 4) is 0 Å². The molecule has 0 aliphatic heterocycles. The van der Waals surface area contributed by atoms with Crippen LogP contribution in [-0.2, 0) is 21.5 Å². The first-order valence-corrected chi connectivity index (χ1v) is 11.1. The second kappa shape index (κ2) is 11.0. The Bertz CT molecular complexity index is 970. The Morgan fingerprint density at radius 3 is 2.15 bits per heavy atom. The lowest BCUT2D eigenvalue weighted by Gasteiger charge is -2.19. The first-order valence-electron chi connectivity index (χ1n) is 11.1. The van der Waals surface area contributed by atoms with Crippen molar-refractivity contribution in [2.24, 2.45) is 0 Å². The molecule has 0 fully saturated rings.